The van der Waals surface area contributed by atoms with Gasteiger partial charge >= 0.3 is 0 Å². The van der Waals surface area contributed by atoms with Crippen LogP contribution >= 0.6 is 11.3 Å². The number of nitrogens with zero attached hydrogens (tertiary/aromatic N) is 4. The smallest absolute Gasteiger partial charge is 0.164 e. The van der Waals surface area contributed by atoms with E-state index in [0.29, 0.717) is 17.5 Å². The van der Waals surface area contributed by atoms with Gasteiger partial charge in [-0.3, -0.25) is 0 Å². The van der Waals surface area contributed by atoms with E-state index in [1.165, 1.54) is 53.2 Å². The molecule has 0 unspecified atom stereocenters. The lowest BCUT2D eigenvalue weighted by Gasteiger charge is -2.26. The number of hydrogen-bond acceptors (Lipinski definition) is 5. The van der Waals surface area contributed by atoms with Crippen LogP contribution in [-0.2, 0) is 0 Å². The van der Waals surface area contributed by atoms with Gasteiger partial charge in [-0.25, -0.2) is 15.0 Å². The normalized spacial score (nSPS) is 11.3. The van der Waals surface area contributed by atoms with Gasteiger partial charge in [-0.2, -0.15) is 0 Å². The van der Waals surface area contributed by atoms with Gasteiger partial charge in [0.15, 0.2) is 17.5 Å². The minimum absolute atomic E-state index is 0.634. The maximum atomic E-state index is 5.18. The number of fused-ring (bicyclic) bond motifs is 5. The van der Waals surface area contributed by atoms with Crippen molar-refractivity contribution in [3.05, 3.63) is 243 Å². The lowest BCUT2D eigenvalue weighted by Crippen LogP contribution is -2.09. The Morgan fingerprint density at radius 3 is 1.26 bits per heavy atom. The molecule has 5 heteroatoms. The molecule has 2 heterocycles. The van der Waals surface area contributed by atoms with Gasteiger partial charge < -0.3 is 4.90 Å². The zero-order chi connectivity index (χ0) is 43.8. The maximum absolute atomic E-state index is 5.18. The van der Waals surface area contributed by atoms with Crippen LogP contribution in [0.5, 0.6) is 0 Å². The Morgan fingerprint density at radius 1 is 0.273 bits per heavy atom. The van der Waals surface area contributed by atoms with E-state index >= 15 is 0 Å². The topological polar surface area (TPSA) is 41.9 Å². The van der Waals surface area contributed by atoms with Crippen LogP contribution in [0.2, 0.25) is 0 Å². The first kappa shape index (κ1) is 39.1. The third-order valence-corrected chi connectivity index (χ3v) is 13.6. The van der Waals surface area contributed by atoms with Gasteiger partial charge in [0, 0.05) is 59.3 Å². The quantitative estimate of drug-likeness (QED) is 0.145. The van der Waals surface area contributed by atoms with E-state index in [0.717, 1.165) is 44.9 Å². The summed E-state index contributed by atoms with van der Waals surface area (Å²) in [7, 11) is 0. The largest absolute Gasteiger partial charge is 0.311 e. The zero-order valence-corrected chi connectivity index (χ0v) is 36.6. The molecule has 10 aromatic carbocycles. The number of thiophene rings is 1. The molecule has 0 amide bonds. The van der Waals surface area contributed by atoms with Gasteiger partial charge in [0.2, 0.25) is 0 Å². The molecule has 66 heavy (non-hydrogen) atoms. The second kappa shape index (κ2) is 16.9. The molecule has 310 valence electrons. The summed E-state index contributed by atoms with van der Waals surface area (Å²) in [5.74, 6) is 1.91. The molecular formula is C61H40N4S. The lowest BCUT2D eigenvalue weighted by atomic mass is 9.94. The Kier molecular flexibility index (Phi) is 10.0. The molecule has 4 nitrogen and oxygen atoms in total. The molecule has 0 atom stereocenters. The molecule has 12 rings (SSSR count). The van der Waals surface area contributed by atoms with Crippen molar-refractivity contribution in [1.29, 1.82) is 0 Å². The third-order valence-electron chi connectivity index (χ3n) is 12.3. The SMILES string of the molecule is c1ccc(-c2ccc(-c3nc(-c4ccccc4)nc(-c4ccc5c(-c6ccc(N(c7ccccc7)c7ccc(-c8ccccc8)cc7)cc6)cc6c7ccccc7sc6c5c4)n3)cc2)cc1. The predicted molar refractivity (Wildman–Crippen MR) is 278 cm³/mol. The number of aromatic nitrogens is 3. The van der Waals surface area contributed by atoms with Crippen LogP contribution in [0.4, 0.5) is 17.1 Å². The summed E-state index contributed by atoms with van der Waals surface area (Å²) in [5.41, 5.74) is 13.1. The Morgan fingerprint density at radius 2 is 0.667 bits per heavy atom. The van der Waals surface area contributed by atoms with Crippen molar-refractivity contribution in [3.63, 3.8) is 0 Å². The van der Waals surface area contributed by atoms with Crippen LogP contribution in [-0.4, -0.2) is 15.0 Å². The molecule has 0 fully saturated rings. The average molecular weight is 861 g/mol. The molecule has 2 aromatic heterocycles. The first-order valence-electron chi connectivity index (χ1n) is 22.2. The van der Waals surface area contributed by atoms with Crippen molar-refractivity contribution >= 4 is 59.3 Å². The van der Waals surface area contributed by atoms with E-state index < -0.39 is 0 Å². The molecule has 0 saturated heterocycles. The van der Waals surface area contributed by atoms with E-state index in [1.54, 1.807) is 0 Å². The lowest BCUT2D eigenvalue weighted by molar-refractivity contribution is 1.07. The van der Waals surface area contributed by atoms with E-state index in [4.69, 9.17) is 15.0 Å². The van der Waals surface area contributed by atoms with Crippen LogP contribution in [0.15, 0.2) is 243 Å². The van der Waals surface area contributed by atoms with Crippen molar-refractivity contribution in [2.75, 3.05) is 4.90 Å². The van der Waals surface area contributed by atoms with Crippen molar-refractivity contribution in [2.24, 2.45) is 0 Å². The van der Waals surface area contributed by atoms with Crippen LogP contribution in [0.3, 0.4) is 0 Å². The molecule has 0 bridgehead atoms. The highest BCUT2D eigenvalue weighted by Gasteiger charge is 2.19. The van der Waals surface area contributed by atoms with Gasteiger partial charge in [-0.1, -0.05) is 188 Å². The molecular weight excluding hydrogens is 821 g/mol. The van der Waals surface area contributed by atoms with Gasteiger partial charge in [0.05, 0.1) is 0 Å². The fourth-order valence-corrected chi connectivity index (χ4v) is 10.2. The number of rotatable bonds is 9. The van der Waals surface area contributed by atoms with Gasteiger partial charge in [-0.05, 0) is 93.4 Å². The van der Waals surface area contributed by atoms with Crippen LogP contribution < -0.4 is 4.90 Å². The minimum atomic E-state index is 0.634. The molecule has 0 N–H and O–H groups in total. The monoisotopic (exact) mass is 860 g/mol. The van der Waals surface area contributed by atoms with Crippen molar-refractivity contribution in [2.45, 2.75) is 0 Å². The zero-order valence-electron chi connectivity index (χ0n) is 35.8. The summed E-state index contributed by atoms with van der Waals surface area (Å²) < 4.78 is 2.51. The van der Waals surface area contributed by atoms with Crippen molar-refractivity contribution in [1.82, 2.24) is 15.0 Å². The Balaban J connectivity index is 0.975. The molecule has 0 aliphatic heterocycles. The Bertz CT molecular complexity index is 3650. The van der Waals surface area contributed by atoms with E-state index in [1.807, 2.05) is 35.6 Å². The first-order valence-corrected chi connectivity index (χ1v) is 23.0. The second-order valence-electron chi connectivity index (χ2n) is 16.4. The fourth-order valence-electron chi connectivity index (χ4n) is 9.02. The highest BCUT2D eigenvalue weighted by atomic mass is 32.1. The van der Waals surface area contributed by atoms with Crippen LogP contribution in [0.1, 0.15) is 0 Å². The molecule has 0 aliphatic rings. The molecule has 0 radical (unpaired) electrons. The van der Waals surface area contributed by atoms with Gasteiger partial charge in [0.1, 0.15) is 0 Å². The van der Waals surface area contributed by atoms with E-state index in [2.05, 4.69) is 223 Å². The highest BCUT2D eigenvalue weighted by Crippen LogP contribution is 2.45. The van der Waals surface area contributed by atoms with Crippen molar-refractivity contribution < 1.29 is 0 Å². The van der Waals surface area contributed by atoms with Gasteiger partial charge in [-0.15, -0.1) is 11.3 Å². The summed E-state index contributed by atoms with van der Waals surface area (Å²) in [6.07, 6.45) is 0. The summed E-state index contributed by atoms with van der Waals surface area (Å²) in [4.78, 5) is 17.7. The number of para-hydroxylation sites is 1. The summed E-state index contributed by atoms with van der Waals surface area (Å²) in [5, 5.41) is 4.84. The molecule has 12 aromatic rings. The Labute approximate surface area is 387 Å². The Hall–Kier alpha value is -8.51. The van der Waals surface area contributed by atoms with Crippen LogP contribution in [0, 0.1) is 0 Å². The number of anilines is 3. The summed E-state index contributed by atoms with van der Waals surface area (Å²) in [6.45, 7) is 0. The molecule has 0 aliphatic carbocycles. The standard InChI is InChI=1S/C61H40N4S/c1-5-15-41(16-6-1)43-25-27-47(28-26-43)60-62-59(46-19-9-3-10-20-46)63-61(64-60)48-33-38-52-54(40-56-53-23-13-14-24-57(53)66-58(56)55(52)39-48)45-31-36-51(37-32-45)65(49-21-11-4-12-22-49)50-34-29-44(30-35-50)42-17-7-2-8-18-42/h1-40H. The van der Waals surface area contributed by atoms with E-state index in [-0.39, 0.29) is 0 Å². The van der Waals surface area contributed by atoms with Crippen molar-refractivity contribution in [3.8, 4) is 67.5 Å². The minimum Gasteiger partial charge on any atom is -0.311 e. The molecule has 0 saturated carbocycles. The maximum Gasteiger partial charge on any atom is 0.164 e. The summed E-state index contributed by atoms with van der Waals surface area (Å²) in [6, 6.07) is 85.9. The number of hydrogen-bond donors (Lipinski definition) is 0. The first-order chi connectivity index (χ1) is 32.7. The van der Waals surface area contributed by atoms with Gasteiger partial charge in [0.25, 0.3) is 0 Å². The second-order valence-corrected chi connectivity index (χ2v) is 17.5. The van der Waals surface area contributed by atoms with Crippen LogP contribution in [0.25, 0.3) is 98.5 Å². The average Bonchev–Trinajstić information content (AvgIpc) is 3.79. The van der Waals surface area contributed by atoms with E-state index in [9.17, 15) is 0 Å². The fraction of sp³-hybridized carbons (Fsp3) is 0. The summed E-state index contributed by atoms with van der Waals surface area (Å²) >= 11 is 1.84. The number of benzene rings is 10. The predicted octanol–water partition coefficient (Wildman–Crippen LogP) is 16.9. The molecule has 0 spiro atoms. The highest BCUT2D eigenvalue weighted by molar-refractivity contribution is 7.26. The third kappa shape index (κ3) is 7.37.